The van der Waals surface area contributed by atoms with Crippen LogP contribution in [0.3, 0.4) is 0 Å². The molecule has 14 heteroatoms. The number of aliphatic hydroxyl groups is 8. The van der Waals surface area contributed by atoms with Gasteiger partial charge in [0.2, 0.25) is 5.91 Å². The van der Waals surface area contributed by atoms with E-state index in [-0.39, 0.29) is 18.9 Å². The maximum atomic E-state index is 13.2. The largest absolute Gasteiger partial charge is 0.394 e. The van der Waals surface area contributed by atoms with E-state index in [1.807, 2.05) is 6.08 Å². The maximum Gasteiger partial charge on any atom is 0.220 e. The molecule has 12 atom stereocenters. The topological polar surface area (TPSA) is 228 Å². The summed E-state index contributed by atoms with van der Waals surface area (Å²) in [5.41, 5.74) is 0. The number of carbonyl (C=O) groups is 1. The van der Waals surface area contributed by atoms with E-state index in [1.165, 1.54) is 25.7 Å². The zero-order valence-electron chi connectivity index (χ0n) is 45.5. The summed E-state index contributed by atoms with van der Waals surface area (Å²) in [5.74, 6) is -0.270. The third kappa shape index (κ3) is 31.4. The van der Waals surface area contributed by atoms with Gasteiger partial charge in [-0.2, -0.15) is 0 Å². The second-order valence-corrected chi connectivity index (χ2v) is 19.3. The number of carbonyl (C=O) groups excluding carboxylic acids is 1. The van der Waals surface area contributed by atoms with Gasteiger partial charge >= 0.3 is 0 Å². The van der Waals surface area contributed by atoms with Gasteiger partial charge in [0.25, 0.3) is 0 Å². The second-order valence-electron chi connectivity index (χ2n) is 19.3. The predicted octanol–water partition coefficient (Wildman–Crippen LogP) is 9.05. The Morgan fingerprint density at radius 3 is 1.41 bits per heavy atom. The lowest BCUT2D eigenvalue weighted by Crippen LogP contribution is -2.65. The normalized spacial score (nSPS) is 26.0. The number of ether oxygens (including phenoxy) is 4. The average molecular weight is 1050 g/mol. The summed E-state index contributed by atoms with van der Waals surface area (Å²) in [6, 6.07) is -0.948. The third-order valence-electron chi connectivity index (χ3n) is 12.9. The van der Waals surface area contributed by atoms with Crippen LogP contribution < -0.4 is 5.32 Å². The molecule has 0 aromatic heterocycles. The molecule has 2 aliphatic rings. The molecule has 9 N–H and O–H groups in total. The number of hydrogen-bond donors (Lipinski definition) is 9. The summed E-state index contributed by atoms with van der Waals surface area (Å²) in [6.07, 6.45) is 48.3. The highest BCUT2D eigenvalue weighted by atomic mass is 16.7. The van der Waals surface area contributed by atoms with Crippen LogP contribution in [0.5, 0.6) is 0 Å². The van der Waals surface area contributed by atoms with Gasteiger partial charge in [0.05, 0.1) is 32.0 Å². The molecule has 75 heavy (non-hydrogen) atoms. The van der Waals surface area contributed by atoms with Crippen molar-refractivity contribution >= 4 is 5.91 Å². The summed E-state index contributed by atoms with van der Waals surface area (Å²) in [6.45, 7) is 2.49. The van der Waals surface area contributed by atoms with Gasteiger partial charge < -0.3 is 65.1 Å². The van der Waals surface area contributed by atoms with E-state index in [1.54, 1.807) is 6.08 Å². The van der Waals surface area contributed by atoms with Gasteiger partial charge in [-0.05, 0) is 96.3 Å². The quantitative estimate of drug-likeness (QED) is 0.0206. The van der Waals surface area contributed by atoms with Crippen molar-refractivity contribution in [2.24, 2.45) is 0 Å². The molecule has 2 fully saturated rings. The zero-order chi connectivity index (χ0) is 54.6. The minimum Gasteiger partial charge on any atom is -0.394 e. The number of hydrogen-bond acceptors (Lipinski definition) is 13. The molecule has 426 valence electrons. The van der Waals surface area contributed by atoms with Gasteiger partial charge in [0.1, 0.15) is 48.8 Å². The van der Waals surface area contributed by atoms with Crippen molar-refractivity contribution in [3.8, 4) is 0 Å². The molecule has 0 spiro atoms. The summed E-state index contributed by atoms with van der Waals surface area (Å²) < 4.78 is 22.7. The molecule has 2 rings (SSSR count). The number of allylic oxidation sites excluding steroid dienone is 19. The van der Waals surface area contributed by atoms with Gasteiger partial charge in [0, 0.05) is 6.42 Å². The Morgan fingerprint density at radius 1 is 0.480 bits per heavy atom. The van der Waals surface area contributed by atoms with Crippen LogP contribution in [0, 0.1) is 0 Å². The summed E-state index contributed by atoms with van der Waals surface area (Å²) in [4.78, 5) is 13.2. The van der Waals surface area contributed by atoms with Gasteiger partial charge in [-0.25, -0.2) is 0 Å². The van der Waals surface area contributed by atoms with Crippen LogP contribution in [-0.4, -0.2) is 140 Å². The first-order chi connectivity index (χ1) is 36.6. The van der Waals surface area contributed by atoms with Crippen molar-refractivity contribution in [3.05, 3.63) is 122 Å². The fourth-order valence-corrected chi connectivity index (χ4v) is 8.37. The van der Waals surface area contributed by atoms with Crippen molar-refractivity contribution in [1.82, 2.24) is 5.32 Å². The Labute approximate surface area is 450 Å². The first-order valence-electron chi connectivity index (χ1n) is 28.3. The van der Waals surface area contributed by atoms with E-state index < -0.39 is 86.8 Å². The van der Waals surface area contributed by atoms with Crippen LogP contribution in [0.1, 0.15) is 162 Å². The van der Waals surface area contributed by atoms with Crippen molar-refractivity contribution < 1.29 is 64.6 Å². The predicted molar refractivity (Wildman–Crippen MR) is 299 cm³/mol. The second kappa shape index (κ2) is 45.4. The number of aliphatic hydroxyl groups excluding tert-OH is 8. The minimum absolute atomic E-state index is 0.254. The number of amides is 1. The highest BCUT2D eigenvalue weighted by Gasteiger charge is 2.51. The molecule has 2 aliphatic heterocycles. The van der Waals surface area contributed by atoms with Crippen molar-refractivity contribution in [1.29, 1.82) is 0 Å². The fraction of sp³-hybridized carbons (Fsp3) is 0.656. The molecular formula is C61H99NO13. The molecule has 0 radical (unpaired) electrons. The molecule has 0 aliphatic carbocycles. The van der Waals surface area contributed by atoms with Crippen LogP contribution >= 0.6 is 0 Å². The standard InChI is InChI=1S/C61H99NO13/c1-3-5-7-9-11-13-15-16-17-18-19-20-21-22-23-24-25-26-27-28-29-30-31-32-33-34-35-37-39-41-43-45-53(66)62-49(50(65)44-42-40-38-36-14-12-10-8-6-4-2)48-72-60-58(71)56(69)59(52(47-64)74-60)75-61-57(70)55(68)54(67)51(46-63)73-61/h5-8,11,13-14,16-17,19-20,22-23,25-26,28-29,36,42,44,49-52,54-61,63-65,67-71H,3-4,9-10,12,15,18,21,24,27,30-35,37-41,43,45-48H2,1-2H3,(H,62,66)/b7-5-,8-6+,13-11-,17-16-,20-19-,23-22-,26-25-,29-28-,36-14+,44-42+. The number of nitrogens with one attached hydrogen (secondary N) is 1. The smallest absolute Gasteiger partial charge is 0.220 e. The first-order valence-corrected chi connectivity index (χ1v) is 28.3. The van der Waals surface area contributed by atoms with E-state index >= 15 is 0 Å². The van der Waals surface area contributed by atoms with Gasteiger partial charge in [-0.15, -0.1) is 0 Å². The molecule has 14 nitrogen and oxygen atoms in total. The Hall–Kier alpha value is -3.61. The molecule has 0 aromatic carbocycles. The highest BCUT2D eigenvalue weighted by molar-refractivity contribution is 5.76. The molecule has 0 bridgehead atoms. The zero-order valence-corrected chi connectivity index (χ0v) is 45.5. The lowest BCUT2D eigenvalue weighted by molar-refractivity contribution is -0.359. The minimum atomic E-state index is -1.80. The fourth-order valence-electron chi connectivity index (χ4n) is 8.37. The molecule has 2 heterocycles. The molecule has 1 amide bonds. The van der Waals surface area contributed by atoms with Crippen LogP contribution in [0.2, 0.25) is 0 Å². The van der Waals surface area contributed by atoms with E-state index in [2.05, 4.69) is 129 Å². The SMILES string of the molecule is CC/C=C\C/C=C\C/C=C\C/C=C\C/C=C\C/C=C\C/C=C\CCCCCCCCCCCC(=O)NC(COC1OC(CO)C(OC2OC(CO)C(O)C(O)C2O)C(O)C1O)C(O)/C=C/CC/C=C/CC/C=C/CC. The maximum absolute atomic E-state index is 13.2. The summed E-state index contributed by atoms with van der Waals surface area (Å²) in [7, 11) is 0. The van der Waals surface area contributed by atoms with Crippen molar-refractivity contribution in [2.75, 3.05) is 19.8 Å². The average Bonchev–Trinajstić information content (AvgIpc) is 3.41. The van der Waals surface area contributed by atoms with Gasteiger partial charge in [0.15, 0.2) is 12.6 Å². The Bertz CT molecular complexity index is 1720. The summed E-state index contributed by atoms with van der Waals surface area (Å²) in [5, 5.41) is 86.7. The third-order valence-corrected chi connectivity index (χ3v) is 12.9. The Morgan fingerprint density at radius 2 is 0.893 bits per heavy atom. The van der Waals surface area contributed by atoms with Gasteiger partial charge in [-0.1, -0.05) is 180 Å². The van der Waals surface area contributed by atoms with Crippen LogP contribution in [0.15, 0.2) is 122 Å². The van der Waals surface area contributed by atoms with Gasteiger partial charge in [-0.3, -0.25) is 4.79 Å². The van der Waals surface area contributed by atoms with E-state index in [0.717, 1.165) is 103 Å². The Balaban J connectivity index is 1.69. The van der Waals surface area contributed by atoms with E-state index in [4.69, 9.17) is 18.9 Å². The summed E-state index contributed by atoms with van der Waals surface area (Å²) >= 11 is 0. The van der Waals surface area contributed by atoms with Crippen LogP contribution in [-0.2, 0) is 23.7 Å². The molecule has 12 unspecified atom stereocenters. The number of unbranched alkanes of at least 4 members (excludes halogenated alkanes) is 11. The van der Waals surface area contributed by atoms with Crippen LogP contribution in [0.25, 0.3) is 0 Å². The van der Waals surface area contributed by atoms with E-state index in [9.17, 15) is 45.6 Å². The van der Waals surface area contributed by atoms with Crippen LogP contribution in [0.4, 0.5) is 0 Å². The van der Waals surface area contributed by atoms with Crippen molar-refractivity contribution in [2.45, 2.75) is 235 Å². The first kappa shape index (κ1) is 67.5. The number of rotatable bonds is 42. The monoisotopic (exact) mass is 1050 g/mol. The lowest BCUT2D eigenvalue weighted by Gasteiger charge is -2.46. The molecular weight excluding hydrogens is 955 g/mol. The molecule has 2 saturated heterocycles. The van der Waals surface area contributed by atoms with E-state index in [0.29, 0.717) is 12.8 Å². The lowest BCUT2D eigenvalue weighted by atomic mass is 9.97. The highest BCUT2D eigenvalue weighted by Crippen LogP contribution is 2.30. The molecule has 0 saturated carbocycles. The molecule has 0 aromatic rings. The van der Waals surface area contributed by atoms with Crippen molar-refractivity contribution in [3.63, 3.8) is 0 Å². The Kier molecular flexibility index (Phi) is 40.9.